The van der Waals surface area contributed by atoms with E-state index in [1.807, 2.05) is 47.4 Å². The summed E-state index contributed by atoms with van der Waals surface area (Å²) < 4.78 is 5.86. The van der Waals surface area contributed by atoms with Gasteiger partial charge in [-0.3, -0.25) is 4.79 Å². The van der Waals surface area contributed by atoms with Crippen LogP contribution in [-0.2, 0) is 13.0 Å². The van der Waals surface area contributed by atoms with Gasteiger partial charge in [-0.25, -0.2) is 0 Å². The van der Waals surface area contributed by atoms with Crippen molar-refractivity contribution in [1.82, 2.24) is 0 Å². The second-order valence-electron chi connectivity index (χ2n) is 6.75. The topological polar surface area (TPSA) is 29.5 Å². The molecule has 1 aliphatic rings. The zero-order valence-electron chi connectivity index (χ0n) is 15.2. The monoisotopic (exact) mass is 411 g/mol. The molecule has 1 heterocycles. The van der Waals surface area contributed by atoms with Crippen molar-refractivity contribution in [1.29, 1.82) is 0 Å². The van der Waals surface area contributed by atoms with Crippen LogP contribution in [0.5, 0.6) is 5.75 Å². The van der Waals surface area contributed by atoms with E-state index < -0.39 is 0 Å². The van der Waals surface area contributed by atoms with E-state index in [9.17, 15) is 4.79 Å². The summed E-state index contributed by atoms with van der Waals surface area (Å²) >= 11 is 12.0. The van der Waals surface area contributed by atoms with Gasteiger partial charge in [-0.05, 0) is 60.4 Å². The van der Waals surface area contributed by atoms with Crippen molar-refractivity contribution in [3.8, 4) is 5.75 Å². The van der Waals surface area contributed by atoms with Crippen LogP contribution in [0.2, 0.25) is 10.0 Å². The number of halogens is 2. The fraction of sp³-hybridized carbons (Fsp3) is 0.174. The van der Waals surface area contributed by atoms with Crippen molar-refractivity contribution < 1.29 is 9.53 Å². The lowest BCUT2D eigenvalue weighted by Crippen LogP contribution is -2.35. The minimum Gasteiger partial charge on any atom is -0.489 e. The molecule has 5 heteroatoms. The van der Waals surface area contributed by atoms with Crippen LogP contribution in [0.1, 0.15) is 27.9 Å². The van der Waals surface area contributed by atoms with Crippen molar-refractivity contribution in [2.24, 2.45) is 0 Å². The number of hydrogen-bond acceptors (Lipinski definition) is 2. The predicted octanol–water partition coefficient (Wildman–Crippen LogP) is 6.17. The minimum atomic E-state index is -0.00728. The van der Waals surface area contributed by atoms with Crippen LogP contribution in [0.15, 0.2) is 66.7 Å². The summed E-state index contributed by atoms with van der Waals surface area (Å²) in [4.78, 5) is 15.0. The molecule has 28 heavy (non-hydrogen) atoms. The molecule has 142 valence electrons. The van der Waals surface area contributed by atoms with E-state index >= 15 is 0 Å². The molecule has 0 saturated heterocycles. The Kier molecular flexibility index (Phi) is 5.56. The highest BCUT2D eigenvalue weighted by Gasteiger charge is 2.23. The molecule has 0 unspecified atom stereocenters. The van der Waals surface area contributed by atoms with E-state index in [0.717, 1.165) is 30.6 Å². The summed E-state index contributed by atoms with van der Waals surface area (Å²) in [6.45, 7) is 1.07. The number of carbonyl (C=O) groups excluding carboxylic acids is 1. The highest BCUT2D eigenvalue weighted by atomic mass is 35.5. The Morgan fingerprint density at radius 3 is 2.68 bits per heavy atom. The van der Waals surface area contributed by atoms with Crippen molar-refractivity contribution >= 4 is 34.8 Å². The molecule has 3 nitrogen and oxygen atoms in total. The van der Waals surface area contributed by atoms with Gasteiger partial charge in [0.25, 0.3) is 5.91 Å². The van der Waals surface area contributed by atoms with Gasteiger partial charge in [0.05, 0.1) is 10.0 Å². The van der Waals surface area contributed by atoms with Crippen LogP contribution in [0, 0.1) is 0 Å². The van der Waals surface area contributed by atoms with E-state index in [-0.39, 0.29) is 5.91 Å². The molecule has 0 fully saturated rings. The standard InChI is InChI=1S/C23H19Cl2NO2/c24-20-11-10-16(13-21(20)25)15-28-19-8-3-6-18(14-19)23(27)26-12-4-7-17-5-1-2-9-22(17)26/h1-3,5-6,8-11,13-14H,4,7,12,15H2. The largest absolute Gasteiger partial charge is 0.489 e. The molecule has 0 aromatic heterocycles. The third-order valence-corrected chi connectivity index (χ3v) is 5.56. The molecule has 1 aliphatic heterocycles. The molecular weight excluding hydrogens is 393 g/mol. The number of carbonyl (C=O) groups is 1. The number of para-hydroxylation sites is 1. The number of amides is 1. The number of ether oxygens (including phenoxy) is 1. The zero-order chi connectivity index (χ0) is 19.5. The summed E-state index contributed by atoms with van der Waals surface area (Å²) in [5.41, 5.74) is 3.74. The van der Waals surface area contributed by atoms with Gasteiger partial charge in [-0.15, -0.1) is 0 Å². The quantitative estimate of drug-likeness (QED) is 0.513. The van der Waals surface area contributed by atoms with E-state index in [1.54, 1.807) is 18.2 Å². The first-order chi connectivity index (χ1) is 13.6. The number of benzene rings is 3. The number of anilines is 1. The maximum atomic E-state index is 13.1. The molecule has 0 atom stereocenters. The smallest absolute Gasteiger partial charge is 0.258 e. The van der Waals surface area contributed by atoms with E-state index in [4.69, 9.17) is 27.9 Å². The summed E-state index contributed by atoms with van der Waals surface area (Å²) in [6, 6.07) is 20.8. The molecule has 3 aromatic carbocycles. The van der Waals surface area contributed by atoms with E-state index in [1.165, 1.54) is 5.56 Å². The Balaban J connectivity index is 1.51. The first-order valence-electron chi connectivity index (χ1n) is 9.18. The van der Waals surface area contributed by atoms with Crippen molar-refractivity contribution in [2.75, 3.05) is 11.4 Å². The lowest BCUT2D eigenvalue weighted by Gasteiger charge is -2.29. The highest BCUT2D eigenvalue weighted by Crippen LogP contribution is 2.29. The maximum absolute atomic E-state index is 13.1. The Bertz CT molecular complexity index is 1020. The molecule has 0 N–H and O–H groups in total. The van der Waals surface area contributed by atoms with Crippen LogP contribution >= 0.6 is 23.2 Å². The van der Waals surface area contributed by atoms with Gasteiger partial charge in [0.1, 0.15) is 12.4 Å². The molecule has 3 aromatic rings. The lowest BCUT2D eigenvalue weighted by atomic mass is 10.0. The lowest BCUT2D eigenvalue weighted by molar-refractivity contribution is 0.0984. The van der Waals surface area contributed by atoms with Crippen LogP contribution in [-0.4, -0.2) is 12.5 Å². The van der Waals surface area contributed by atoms with E-state index in [2.05, 4.69) is 6.07 Å². The average Bonchev–Trinajstić information content (AvgIpc) is 2.74. The number of hydrogen-bond donors (Lipinski definition) is 0. The molecule has 4 rings (SSSR count). The Morgan fingerprint density at radius 2 is 1.82 bits per heavy atom. The minimum absolute atomic E-state index is 0.00728. The van der Waals surface area contributed by atoms with Gasteiger partial charge in [0, 0.05) is 17.8 Å². The molecule has 0 spiro atoms. The number of aryl methyl sites for hydroxylation is 1. The predicted molar refractivity (Wildman–Crippen MR) is 114 cm³/mol. The second kappa shape index (κ2) is 8.26. The van der Waals surface area contributed by atoms with Crippen LogP contribution < -0.4 is 9.64 Å². The Morgan fingerprint density at radius 1 is 0.964 bits per heavy atom. The molecule has 0 radical (unpaired) electrons. The summed E-state index contributed by atoms with van der Waals surface area (Å²) in [7, 11) is 0. The highest BCUT2D eigenvalue weighted by molar-refractivity contribution is 6.42. The van der Waals surface area contributed by atoms with Crippen LogP contribution in [0.3, 0.4) is 0 Å². The zero-order valence-corrected chi connectivity index (χ0v) is 16.7. The first-order valence-corrected chi connectivity index (χ1v) is 9.94. The van der Waals surface area contributed by atoms with Crippen LogP contribution in [0.25, 0.3) is 0 Å². The van der Waals surface area contributed by atoms with Gasteiger partial charge in [0.15, 0.2) is 0 Å². The third-order valence-electron chi connectivity index (χ3n) is 4.83. The maximum Gasteiger partial charge on any atom is 0.258 e. The first kappa shape index (κ1) is 18.9. The SMILES string of the molecule is O=C(c1cccc(OCc2ccc(Cl)c(Cl)c2)c1)N1CCCc2ccccc21. The van der Waals surface area contributed by atoms with Crippen LogP contribution in [0.4, 0.5) is 5.69 Å². The molecule has 0 bridgehead atoms. The summed E-state index contributed by atoms with van der Waals surface area (Å²) in [5.74, 6) is 0.634. The van der Waals surface area contributed by atoms with Gasteiger partial charge in [-0.1, -0.05) is 53.5 Å². The van der Waals surface area contributed by atoms with E-state index in [0.29, 0.717) is 28.0 Å². The number of nitrogens with zero attached hydrogens (tertiary/aromatic N) is 1. The Labute approximate surface area is 174 Å². The van der Waals surface area contributed by atoms with Crippen molar-refractivity contribution in [3.05, 3.63) is 93.5 Å². The fourth-order valence-electron chi connectivity index (χ4n) is 3.42. The average molecular weight is 412 g/mol. The van der Waals surface area contributed by atoms with Crippen molar-refractivity contribution in [3.63, 3.8) is 0 Å². The normalized spacial score (nSPS) is 13.1. The molecule has 0 aliphatic carbocycles. The van der Waals surface area contributed by atoms with Gasteiger partial charge in [0.2, 0.25) is 0 Å². The molecular formula is C23H19Cl2NO2. The van der Waals surface area contributed by atoms with Gasteiger partial charge >= 0.3 is 0 Å². The molecule has 1 amide bonds. The number of fused-ring (bicyclic) bond motifs is 1. The summed E-state index contributed by atoms with van der Waals surface area (Å²) in [6.07, 6.45) is 1.98. The fourth-order valence-corrected chi connectivity index (χ4v) is 3.74. The van der Waals surface area contributed by atoms with Gasteiger partial charge < -0.3 is 9.64 Å². The Hall–Kier alpha value is -2.49. The molecule has 0 saturated carbocycles. The third kappa shape index (κ3) is 4.01. The number of rotatable bonds is 4. The van der Waals surface area contributed by atoms with Crippen molar-refractivity contribution in [2.45, 2.75) is 19.4 Å². The summed E-state index contributed by atoms with van der Waals surface area (Å²) in [5, 5.41) is 1.01. The van der Waals surface area contributed by atoms with Gasteiger partial charge in [-0.2, -0.15) is 0 Å². The second-order valence-corrected chi connectivity index (χ2v) is 7.57.